The molecule has 1 rings (SSSR count). The fourth-order valence-corrected chi connectivity index (χ4v) is 1.43. The van der Waals surface area contributed by atoms with Crippen LogP contribution in [0.15, 0.2) is 0 Å². The number of piperazine rings is 1. The minimum absolute atomic E-state index is 0.134. The summed E-state index contributed by atoms with van der Waals surface area (Å²) in [6.07, 6.45) is 0. The summed E-state index contributed by atoms with van der Waals surface area (Å²) in [6, 6.07) is -0.959. The molecule has 0 spiro atoms. The zero-order valence-electron chi connectivity index (χ0n) is 7.35. The van der Waals surface area contributed by atoms with Crippen LogP contribution in [0.5, 0.6) is 0 Å². The van der Waals surface area contributed by atoms with Crippen LogP contribution in [0.25, 0.3) is 0 Å². The molecule has 0 aromatic carbocycles. The number of carboxylic acid groups (broad SMARTS) is 1. The van der Waals surface area contributed by atoms with Crippen molar-refractivity contribution in [2.45, 2.75) is 12.9 Å². The molecule has 1 aliphatic rings. The van der Waals surface area contributed by atoms with Gasteiger partial charge >= 0.3 is 13.0 Å². The SMILES string of the molecule is CB(O)N1CCN(F)CC1C(=O)O. The molecule has 0 radical (unpaired) electrons. The standard InChI is InChI=1S/C6H12BFN2O3/c1-7(13)10-3-2-9(8)4-5(10)6(11)12/h5,13H,2-4H2,1H3,(H,11,12). The van der Waals surface area contributed by atoms with Crippen molar-refractivity contribution in [3.8, 4) is 0 Å². The van der Waals surface area contributed by atoms with Gasteiger partial charge in [0.15, 0.2) is 0 Å². The van der Waals surface area contributed by atoms with Crippen LogP contribution in [0.2, 0.25) is 6.82 Å². The number of aliphatic carboxylic acids is 1. The molecule has 1 fully saturated rings. The molecule has 0 aromatic rings. The molecule has 2 N–H and O–H groups in total. The van der Waals surface area contributed by atoms with Crippen molar-refractivity contribution in [1.82, 2.24) is 9.93 Å². The summed E-state index contributed by atoms with van der Waals surface area (Å²) in [5, 5.41) is 18.4. The molecule has 0 bridgehead atoms. The van der Waals surface area contributed by atoms with Crippen LogP contribution >= 0.6 is 0 Å². The van der Waals surface area contributed by atoms with Gasteiger partial charge in [0.25, 0.3) is 0 Å². The van der Waals surface area contributed by atoms with Crippen molar-refractivity contribution < 1.29 is 19.4 Å². The minimum atomic E-state index is -1.11. The molecule has 0 saturated carbocycles. The molecular weight excluding hydrogens is 178 g/mol. The fraction of sp³-hybridized carbons (Fsp3) is 0.833. The van der Waals surface area contributed by atoms with Crippen LogP contribution in [-0.2, 0) is 4.79 Å². The van der Waals surface area contributed by atoms with Gasteiger partial charge in [-0.1, -0.05) is 0 Å². The van der Waals surface area contributed by atoms with Crippen LogP contribution in [0.1, 0.15) is 0 Å². The maximum atomic E-state index is 12.7. The van der Waals surface area contributed by atoms with Gasteiger partial charge in [-0.3, -0.25) is 4.79 Å². The largest absolute Gasteiger partial charge is 0.480 e. The van der Waals surface area contributed by atoms with Crippen molar-refractivity contribution in [3.63, 3.8) is 0 Å². The molecule has 7 heteroatoms. The number of halogens is 1. The monoisotopic (exact) mass is 190 g/mol. The number of hydrogen-bond acceptors (Lipinski definition) is 4. The molecule has 1 unspecified atom stereocenters. The van der Waals surface area contributed by atoms with E-state index in [1.54, 1.807) is 0 Å². The summed E-state index contributed by atoms with van der Waals surface area (Å²) in [7, 11) is -0.852. The van der Waals surface area contributed by atoms with E-state index in [9.17, 15) is 14.3 Å². The Kier molecular flexibility index (Phi) is 3.24. The summed E-state index contributed by atoms with van der Waals surface area (Å²) in [5.74, 6) is -1.11. The van der Waals surface area contributed by atoms with Crippen LogP contribution < -0.4 is 0 Å². The molecule has 1 aliphatic heterocycles. The Balaban J connectivity index is 2.66. The van der Waals surface area contributed by atoms with Gasteiger partial charge in [-0.05, 0) is 6.82 Å². The zero-order chi connectivity index (χ0) is 10.0. The number of carbonyl (C=O) groups is 1. The Morgan fingerprint density at radius 3 is 2.69 bits per heavy atom. The first kappa shape index (κ1) is 10.4. The quantitative estimate of drug-likeness (QED) is 0.434. The highest BCUT2D eigenvalue weighted by atomic mass is 19.2. The van der Waals surface area contributed by atoms with Gasteiger partial charge in [0.05, 0.1) is 6.54 Å². The lowest BCUT2D eigenvalue weighted by molar-refractivity contribution is -0.147. The predicted octanol–water partition coefficient (Wildman–Crippen LogP) is -0.948. The lowest BCUT2D eigenvalue weighted by Gasteiger charge is -2.35. The van der Waals surface area contributed by atoms with Gasteiger partial charge in [-0.2, -0.15) is 0 Å². The molecule has 1 heterocycles. The Labute approximate surface area is 75.8 Å². The maximum Gasteiger partial charge on any atom is 0.377 e. The average molecular weight is 190 g/mol. The molecule has 1 atom stereocenters. The van der Waals surface area contributed by atoms with Crippen molar-refractivity contribution in [1.29, 1.82) is 0 Å². The fourth-order valence-electron chi connectivity index (χ4n) is 1.43. The van der Waals surface area contributed by atoms with E-state index in [0.29, 0.717) is 5.12 Å². The first-order valence-electron chi connectivity index (χ1n) is 4.09. The minimum Gasteiger partial charge on any atom is -0.480 e. The second-order valence-corrected chi connectivity index (χ2v) is 3.09. The van der Waals surface area contributed by atoms with E-state index in [1.165, 1.54) is 11.6 Å². The number of carboxylic acids is 1. The number of rotatable bonds is 2. The zero-order valence-corrected chi connectivity index (χ0v) is 7.35. The normalized spacial score (nSPS) is 25.9. The van der Waals surface area contributed by atoms with Gasteiger partial charge in [-0.15, -0.1) is 9.60 Å². The van der Waals surface area contributed by atoms with Crippen LogP contribution in [0, 0.1) is 0 Å². The highest BCUT2D eigenvalue weighted by molar-refractivity contribution is 6.45. The number of hydrogen-bond donors (Lipinski definition) is 2. The summed E-state index contributed by atoms with van der Waals surface area (Å²) in [4.78, 5) is 12.0. The van der Waals surface area contributed by atoms with E-state index in [1.807, 2.05) is 0 Å². The Hall–Kier alpha value is -0.655. The van der Waals surface area contributed by atoms with Crippen molar-refractivity contribution in [2.75, 3.05) is 19.6 Å². The number of nitrogens with zero attached hydrogens (tertiary/aromatic N) is 2. The molecule has 1 saturated heterocycles. The summed E-state index contributed by atoms with van der Waals surface area (Å²) in [5.41, 5.74) is 0. The maximum absolute atomic E-state index is 12.7. The van der Waals surface area contributed by atoms with Gasteiger partial charge in [0.2, 0.25) is 0 Å². The molecule has 0 amide bonds. The summed E-state index contributed by atoms with van der Waals surface area (Å²) in [6.45, 7) is 1.64. The smallest absolute Gasteiger partial charge is 0.377 e. The third-order valence-corrected chi connectivity index (χ3v) is 2.14. The van der Waals surface area contributed by atoms with Crippen molar-refractivity contribution >= 4 is 13.0 Å². The van der Waals surface area contributed by atoms with E-state index < -0.39 is 19.1 Å². The molecule has 0 aromatic heterocycles. The highest BCUT2D eigenvalue weighted by Crippen LogP contribution is 2.11. The lowest BCUT2D eigenvalue weighted by atomic mass is 9.82. The van der Waals surface area contributed by atoms with Crippen molar-refractivity contribution in [2.24, 2.45) is 0 Å². The Morgan fingerprint density at radius 2 is 2.23 bits per heavy atom. The third-order valence-electron chi connectivity index (χ3n) is 2.14. The first-order valence-corrected chi connectivity index (χ1v) is 4.09. The van der Waals surface area contributed by atoms with E-state index in [-0.39, 0.29) is 19.6 Å². The Morgan fingerprint density at radius 1 is 1.62 bits per heavy atom. The third kappa shape index (κ3) is 2.39. The molecule has 0 aliphatic carbocycles. The van der Waals surface area contributed by atoms with Crippen LogP contribution in [0.3, 0.4) is 0 Å². The lowest BCUT2D eigenvalue weighted by Crippen LogP contribution is -2.58. The topological polar surface area (TPSA) is 64.0 Å². The van der Waals surface area contributed by atoms with E-state index in [2.05, 4.69) is 0 Å². The van der Waals surface area contributed by atoms with Gasteiger partial charge in [0, 0.05) is 13.1 Å². The van der Waals surface area contributed by atoms with E-state index in [0.717, 1.165) is 0 Å². The average Bonchev–Trinajstić information content (AvgIpc) is 2.03. The van der Waals surface area contributed by atoms with Gasteiger partial charge in [0.1, 0.15) is 6.04 Å². The van der Waals surface area contributed by atoms with Crippen LogP contribution in [-0.4, -0.2) is 58.8 Å². The van der Waals surface area contributed by atoms with Crippen LogP contribution in [0.4, 0.5) is 4.48 Å². The second kappa shape index (κ2) is 4.04. The van der Waals surface area contributed by atoms with Gasteiger partial charge in [-0.25, -0.2) is 0 Å². The van der Waals surface area contributed by atoms with E-state index >= 15 is 0 Å². The molecule has 5 nitrogen and oxygen atoms in total. The predicted molar refractivity (Wildman–Crippen MR) is 44.6 cm³/mol. The molecule has 13 heavy (non-hydrogen) atoms. The summed E-state index contributed by atoms with van der Waals surface area (Å²) < 4.78 is 12.7. The summed E-state index contributed by atoms with van der Waals surface area (Å²) >= 11 is 0. The van der Waals surface area contributed by atoms with Crippen molar-refractivity contribution in [3.05, 3.63) is 0 Å². The highest BCUT2D eigenvalue weighted by Gasteiger charge is 2.36. The van der Waals surface area contributed by atoms with Gasteiger partial charge < -0.3 is 14.9 Å². The molecule has 74 valence electrons. The second-order valence-electron chi connectivity index (χ2n) is 3.09. The Bertz CT molecular complexity index is 204. The molecular formula is C6H12BFN2O3. The van der Waals surface area contributed by atoms with E-state index in [4.69, 9.17) is 5.11 Å². The first-order chi connectivity index (χ1) is 6.02.